The van der Waals surface area contributed by atoms with E-state index in [9.17, 15) is 0 Å². The van der Waals surface area contributed by atoms with Crippen molar-refractivity contribution in [2.75, 3.05) is 6.61 Å². The topological polar surface area (TPSA) is 34.0 Å². The molecule has 3 heteroatoms. The molecule has 0 spiro atoms. The summed E-state index contributed by atoms with van der Waals surface area (Å²) in [5, 5.41) is 7.19. The number of ether oxygens (including phenoxy) is 1. The van der Waals surface area contributed by atoms with E-state index < -0.39 is 0 Å². The molecule has 0 amide bonds. The number of nitrogens with zero attached hydrogens (tertiary/aromatic N) is 2. The summed E-state index contributed by atoms with van der Waals surface area (Å²) in [6.45, 7) is 2.46. The summed E-state index contributed by atoms with van der Waals surface area (Å²) in [6.07, 6.45) is 1.34. The summed E-state index contributed by atoms with van der Waals surface area (Å²) < 4.78 is 4.76. The zero-order valence-electron chi connectivity index (χ0n) is 4.09. The molecule has 0 radical (unpaired) electrons. The zero-order chi connectivity index (χ0) is 5.11. The van der Waals surface area contributed by atoms with Crippen molar-refractivity contribution in [1.29, 1.82) is 0 Å². The van der Waals surface area contributed by atoms with Crippen LogP contribution in [0, 0.1) is 0 Å². The maximum atomic E-state index is 4.76. The van der Waals surface area contributed by atoms with Crippen LogP contribution in [0.25, 0.3) is 0 Å². The smallest absolute Gasteiger partial charge is 0.195 e. The van der Waals surface area contributed by atoms with Crippen molar-refractivity contribution in [3.63, 3.8) is 0 Å². The van der Waals surface area contributed by atoms with Gasteiger partial charge in [0.25, 0.3) is 0 Å². The van der Waals surface area contributed by atoms with E-state index in [0.717, 1.165) is 5.71 Å². The van der Waals surface area contributed by atoms with Crippen molar-refractivity contribution in [2.45, 2.75) is 6.92 Å². The first-order valence-corrected chi connectivity index (χ1v) is 2.06. The fourth-order valence-electron chi connectivity index (χ4n) is 0.342. The minimum Gasteiger partial charge on any atom is -0.476 e. The summed E-state index contributed by atoms with van der Waals surface area (Å²) in [5.41, 5.74) is 0.919. The fourth-order valence-corrected chi connectivity index (χ4v) is 0.342. The lowest BCUT2D eigenvalue weighted by Crippen LogP contribution is -2.06. The predicted octanol–water partition coefficient (Wildman–Crippen LogP) is 0.421. The molecular weight excluding hydrogens is 92.1 g/mol. The summed E-state index contributed by atoms with van der Waals surface area (Å²) >= 11 is 0. The van der Waals surface area contributed by atoms with Gasteiger partial charge in [0, 0.05) is 0 Å². The van der Waals surface area contributed by atoms with Crippen LogP contribution in [0.4, 0.5) is 0 Å². The van der Waals surface area contributed by atoms with Crippen molar-refractivity contribution >= 4 is 12.1 Å². The first-order valence-electron chi connectivity index (χ1n) is 2.06. The van der Waals surface area contributed by atoms with Gasteiger partial charge in [0.15, 0.2) is 6.40 Å². The van der Waals surface area contributed by atoms with E-state index in [1.54, 1.807) is 0 Å². The zero-order valence-corrected chi connectivity index (χ0v) is 4.09. The van der Waals surface area contributed by atoms with Gasteiger partial charge in [-0.15, -0.1) is 5.10 Å². The van der Waals surface area contributed by atoms with Crippen LogP contribution in [0.15, 0.2) is 10.2 Å². The lowest BCUT2D eigenvalue weighted by Gasteiger charge is -1.99. The summed E-state index contributed by atoms with van der Waals surface area (Å²) in [7, 11) is 0. The van der Waals surface area contributed by atoms with E-state index in [-0.39, 0.29) is 0 Å². The van der Waals surface area contributed by atoms with Gasteiger partial charge in [0.05, 0.1) is 5.71 Å². The van der Waals surface area contributed by atoms with E-state index in [0.29, 0.717) is 6.61 Å². The molecule has 1 aliphatic heterocycles. The van der Waals surface area contributed by atoms with Gasteiger partial charge in [-0.25, -0.2) is 0 Å². The van der Waals surface area contributed by atoms with Crippen LogP contribution >= 0.6 is 0 Å². The second-order valence-corrected chi connectivity index (χ2v) is 1.37. The Bertz CT molecular complexity index is 117. The third-order valence-corrected chi connectivity index (χ3v) is 0.642. The van der Waals surface area contributed by atoms with Crippen LogP contribution in [-0.2, 0) is 4.74 Å². The number of hydrogen-bond donors (Lipinski definition) is 0. The van der Waals surface area contributed by atoms with Crippen LogP contribution < -0.4 is 0 Å². The van der Waals surface area contributed by atoms with Gasteiger partial charge in [0.2, 0.25) is 0 Å². The maximum absolute atomic E-state index is 4.76. The minimum absolute atomic E-state index is 0.587. The molecule has 7 heavy (non-hydrogen) atoms. The highest BCUT2D eigenvalue weighted by Gasteiger charge is 1.91. The maximum Gasteiger partial charge on any atom is 0.195 e. The Morgan fingerprint density at radius 2 is 2.71 bits per heavy atom. The molecule has 1 rings (SSSR count). The van der Waals surface area contributed by atoms with E-state index >= 15 is 0 Å². The van der Waals surface area contributed by atoms with Gasteiger partial charge in [0.1, 0.15) is 6.61 Å². The highest BCUT2D eigenvalue weighted by atomic mass is 16.5. The molecule has 1 heterocycles. The third-order valence-electron chi connectivity index (χ3n) is 0.642. The predicted molar refractivity (Wildman–Crippen MR) is 27.6 cm³/mol. The van der Waals surface area contributed by atoms with E-state index in [1.165, 1.54) is 6.40 Å². The van der Waals surface area contributed by atoms with E-state index in [4.69, 9.17) is 4.74 Å². The Balaban J connectivity index is 2.57. The van der Waals surface area contributed by atoms with Crippen molar-refractivity contribution in [2.24, 2.45) is 10.2 Å². The van der Waals surface area contributed by atoms with Crippen LogP contribution in [0.5, 0.6) is 0 Å². The first kappa shape index (κ1) is 4.30. The van der Waals surface area contributed by atoms with Crippen molar-refractivity contribution in [3.8, 4) is 0 Å². The molecule has 0 aromatic carbocycles. The van der Waals surface area contributed by atoms with Gasteiger partial charge < -0.3 is 4.74 Å². The van der Waals surface area contributed by atoms with Gasteiger partial charge in [-0.2, -0.15) is 5.10 Å². The average molecular weight is 98.1 g/mol. The van der Waals surface area contributed by atoms with Gasteiger partial charge in [-0.05, 0) is 6.92 Å². The molecule has 0 saturated heterocycles. The van der Waals surface area contributed by atoms with E-state index in [2.05, 4.69) is 10.2 Å². The second-order valence-electron chi connectivity index (χ2n) is 1.37. The molecular formula is C4H6N2O. The summed E-state index contributed by atoms with van der Waals surface area (Å²) in [4.78, 5) is 0. The number of rotatable bonds is 0. The molecule has 0 aromatic rings. The Kier molecular flexibility index (Phi) is 1.06. The van der Waals surface area contributed by atoms with Crippen molar-refractivity contribution in [3.05, 3.63) is 0 Å². The van der Waals surface area contributed by atoms with Gasteiger partial charge in [-0.3, -0.25) is 0 Å². The van der Waals surface area contributed by atoms with Crippen LogP contribution in [-0.4, -0.2) is 18.7 Å². The van der Waals surface area contributed by atoms with Gasteiger partial charge in [-0.1, -0.05) is 0 Å². The highest BCUT2D eigenvalue weighted by molar-refractivity contribution is 5.85. The molecule has 0 saturated carbocycles. The molecule has 0 N–H and O–H groups in total. The van der Waals surface area contributed by atoms with Crippen LogP contribution in [0.2, 0.25) is 0 Å². The molecule has 0 bridgehead atoms. The van der Waals surface area contributed by atoms with Crippen molar-refractivity contribution in [1.82, 2.24) is 0 Å². The second kappa shape index (κ2) is 1.73. The molecule has 0 aliphatic carbocycles. The van der Waals surface area contributed by atoms with Gasteiger partial charge >= 0.3 is 0 Å². The quantitative estimate of drug-likeness (QED) is 0.432. The fraction of sp³-hybridized carbons (Fsp3) is 0.500. The third kappa shape index (κ3) is 0.994. The molecule has 1 aliphatic rings. The molecule has 38 valence electrons. The van der Waals surface area contributed by atoms with Crippen LogP contribution in [0.3, 0.4) is 0 Å². The summed E-state index contributed by atoms with van der Waals surface area (Å²) in [5.74, 6) is 0. The SMILES string of the molecule is CC1=NN=COC1. The molecule has 0 aromatic heterocycles. The molecule has 0 fully saturated rings. The highest BCUT2D eigenvalue weighted by Crippen LogP contribution is 1.85. The Labute approximate surface area is 41.7 Å². The van der Waals surface area contributed by atoms with Crippen molar-refractivity contribution < 1.29 is 4.74 Å². The van der Waals surface area contributed by atoms with E-state index in [1.807, 2.05) is 6.92 Å². The molecule has 0 atom stereocenters. The molecule has 3 nitrogen and oxygen atoms in total. The lowest BCUT2D eigenvalue weighted by molar-refractivity contribution is 0.373. The first-order chi connectivity index (χ1) is 3.39. The average Bonchev–Trinajstić information content (AvgIpc) is 1.69. The number of hydrogen-bond acceptors (Lipinski definition) is 3. The Hall–Kier alpha value is -0.860. The summed E-state index contributed by atoms with van der Waals surface area (Å²) in [6, 6.07) is 0. The van der Waals surface area contributed by atoms with Crippen LogP contribution in [0.1, 0.15) is 6.92 Å². The largest absolute Gasteiger partial charge is 0.476 e. The Morgan fingerprint density at radius 1 is 1.86 bits per heavy atom. The standard InChI is InChI=1S/C4H6N2O/c1-4-2-7-3-5-6-4/h3H,2H2,1H3. The monoisotopic (exact) mass is 98.0 g/mol. The normalized spacial score (nSPS) is 18.1. The Morgan fingerprint density at radius 3 is 3.00 bits per heavy atom. The molecule has 0 unspecified atom stereocenters. The lowest BCUT2D eigenvalue weighted by atomic mass is 10.5. The minimum atomic E-state index is 0.587.